The third kappa shape index (κ3) is 5.35. The van der Waals surface area contributed by atoms with Crippen molar-refractivity contribution in [1.82, 2.24) is 0 Å². The van der Waals surface area contributed by atoms with E-state index in [0.29, 0.717) is 18.7 Å². The van der Waals surface area contributed by atoms with Crippen LogP contribution in [0.5, 0.6) is 0 Å². The summed E-state index contributed by atoms with van der Waals surface area (Å²) in [6, 6.07) is 6.40. The van der Waals surface area contributed by atoms with Crippen LogP contribution in [0.15, 0.2) is 24.3 Å². The number of rotatable bonds is 6. The molecule has 1 aromatic carbocycles. The molecule has 1 aromatic rings. The Hall–Kier alpha value is -1.56. The fourth-order valence-corrected chi connectivity index (χ4v) is 2.00. The molecule has 0 saturated carbocycles. The molecule has 0 aromatic heterocycles. The summed E-state index contributed by atoms with van der Waals surface area (Å²) in [5.74, 6) is -0.858. The molecule has 0 spiro atoms. The molecule has 6 heteroatoms. The molecule has 0 unspecified atom stereocenters. The molecule has 1 rings (SSSR count). The third-order valence-electron chi connectivity index (χ3n) is 2.13. The fraction of sp³-hybridized carbons (Fsp3) is 0.364. The van der Waals surface area contributed by atoms with Crippen LogP contribution in [0.4, 0.5) is 5.69 Å². The Morgan fingerprint density at radius 2 is 2.12 bits per heavy atom. The summed E-state index contributed by atoms with van der Waals surface area (Å²) in [5.41, 5.74) is 0.886. The number of carbonyl (C=O) groups is 1. The third-order valence-corrected chi connectivity index (χ3v) is 3.16. The van der Waals surface area contributed by atoms with Crippen molar-refractivity contribution < 1.29 is 18.3 Å². The lowest BCUT2D eigenvalue weighted by Gasteiger charge is -2.06. The van der Waals surface area contributed by atoms with Crippen molar-refractivity contribution in [2.24, 2.45) is 0 Å². The van der Waals surface area contributed by atoms with E-state index in [1.54, 1.807) is 12.1 Å². The van der Waals surface area contributed by atoms with E-state index in [4.69, 9.17) is 5.11 Å². The van der Waals surface area contributed by atoms with Crippen molar-refractivity contribution in [2.75, 3.05) is 23.9 Å². The van der Waals surface area contributed by atoms with Crippen LogP contribution >= 0.6 is 0 Å². The van der Waals surface area contributed by atoms with Crippen LogP contribution in [0.3, 0.4) is 0 Å². The lowest BCUT2D eigenvalue weighted by molar-refractivity contribution is 0.0697. The van der Waals surface area contributed by atoms with Crippen LogP contribution < -0.4 is 5.32 Å². The molecule has 0 aliphatic carbocycles. The van der Waals surface area contributed by atoms with Gasteiger partial charge in [-0.15, -0.1) is 0 Å². The van der Waals surface area contributed by atoms with Crippen molar-refractivity contribution in [3.63, 3.8) is 0 Å². The molecular weight excluding hydrogens is 242 g/mol. The highest BCUT2D eigenvalue weighted by Crippen LogP contribution is 2.10. The van der Waals surface area contributed by atoms with Gasteiger partial charge >= 0.3 is 5.97 Å². The zero-order valence-electron chi connectivity index (χ0n) is 9.51. The molecule has 17 heavy (non-hydrogen) atoms. The number of anilines is 1. The Bertz CT molecular complexity index is 496. The minimum atomic E-state index is -2.93. The highest BCUT2D eigenvalue weighted by molar-refractivity contribution is 7.90. The Kier molecular flexibility index (Phi) is 4.51. The maximum atomic E-state index is 10.9. The molecular formula is C11H15NO4S. The predicted octanol–water partition coefficient (Wildman–Crippen LogP) is 1.23. The lowest BCUT2D eigenvalue weighted by atomic mass is 10.2. The summed E-state index contributed by atoms with van der Waals surface area (Å²) < 4.78 is 21.8. The van der Waals surface area contributed by atoms with E-state index in [9.17, 15) is 13.2 Å². The van der Waals surface area contributed by atoms with E-state index in [1.165, 1.54) is 18.4 Å². The average Bonchev–Trinajstić information content (AvgIpc) is 2.23. The zero-order valence-corrected chi connectivity index (χ0v) is 10.3. The average molecular weight is 257 g/mol. The first kappa shape index (κ1) is 13.5. The van der Waals surface area contributed by atoms with E-state index in [1.807, 2.05) is 0 Å². The van der Waals surface area contributed by atoms with Crippen molar-refractivity contribution in [2.45, 2.75) is 6.42 Å². The van der Waals surface area contributed by atoms with Gasteiger partial charge < -0.3 is 10.4 Å². The number of hydrogen-bond donors (Lipinski definition) is 2. The van der Waals surface area contributed by atoms with E-state index in [0.717, 1.165) is 0 Å². The van der Waals surface area contributed by atoms with Crippen molar-refractivity contribution in [3.05, 3.63) is 29.8 Å². The van der Waals surface area contributed by atoms with Gasteiger partial charge in [0.25, 0.3) is 0 Å². The molecule has 0 saturated heterocycles. The molecule has 5 nitrogen and oxygen atoms in total. The van der Waals surface area contributed by atoms with Crippen LogP contribution in [-0.2, 0) is 9.84 Å². The Morgan fingerprint density at radius 1 is 1.41 bits per heavy atom. The monoisotopic (exact) mass is 257 g/mol. The van der Waals surface area contributed by atoms with Gasteiger partial charge in [-0.2, -0.15) is 0 Å². The topological polar surface area (TPSA) is 83.5 Å². The summed E-state index contributed by atoms with van der Waals surface area (Å²) in [5, 5.41) is 11.8. The largest absolute Gasteiger partial charge is 0.478 e. The molecule has 0 heterocycles. The summed E-state index contributed by atoms with van der Waals surface area (Å²) >= 11 is 0. The van der Waals surface area contributed by atoms with E-state index < -0.39 is 15.8 Å². The van der Waals surface area contributed by atoms with Gasteiger partial charge in [0.15, 0.2) is 0 Å². The summed E-state index contributed by atoms with van der Waals surface area (Å²) in [6.07, 6.45) is 1.69. The first-order valence-corrected chi connectivity index (χ1v) is 7.19. The first-order valence-electron chi connectivity index (χ1n) is 5.13. The van der Waals surface area contributed by atoms with Crippen molar-refractivity contribution >= 4 is 21.5 Å². The van der Waals surface area contributed by atoms with Gasteiger partial charge in [-0.25, -0.2) is 13.2 Å². The molecule has 94 valence electrons. The number of carboxylic acid groups (broad SMARTS) is 1. The van der Waals surface area contributed by atoms with Gasteiger partial charge in [0, 0.05) is 18.5 Å². The molecule has 0 bridgehead atoms. The molecule has 0 amide bonds. The van der Waals surface area contributed by atoms with E-state index in [-0.39, 0.29) is 11.3 Å². The molecule has 2 N–H and O–H groups in total. The van der Waals surface area contributed by atoms with Crippen LogP contribution in [-0.4, -0.2) is 38.0 Å². The number of carboxylic acids is 1. The first-order chi connectivity index (χ1) is 7.88. The van der Waals surface area contributed by atoms with Crippen LogP contribution in [0, 0.1) is 0 Å². The maximum Gasteiger partial charge on any atom is 0.335 e. The predicted molar refractivity (Wildman–Crippen MR) is 66.2 cm³/mol. The van der Waals surface area contributed by atoms with Gasteiger partial charge in [0.2, 0.25) is 0 Å². The number of benzene rings is 1. The number of hydrogen-bond acceptors (Lipinski definition) is 4. The summed E-state index contributed by atoms with van der Waals surface area (Å²) in [7, 11) is -2.93. The standard InChI is InChI=1S/C11H15NO4S/c1-17(15,16)7-3-6-12-10-5-2-4-9(8-10)11(13)14/h2,4-5,8,12H,3,6-7H2,1H3,(H,13,14). The SMILES string of the molecule is CS(=O)(=O)CCCNc1cccc(C(=O)O)c1. The quantitative estimate of drug-likeness (QED) is 0.749. The Labute approximate surface area is 100 Å². The van der Waals surface area contributed by atoms with Crippen LogP contribution in [0.1, 0.15) is 16.8 Å². The van der Waals surface area contributed by atoms with Crippen LogP contribution in [0.2, 0.25) is 0 Å². The van der Waals surface area contributed by atoms with Crippen molar-refractivity contribution in [3.8, 4) is 0 Å². The van der Waals surface area contributed by atoms with Gasteiger partial charge in [0.05, 0.1) is 11.3 Å². The highest BCUT2D eigenvalue weighted by atomic mass is 32.2. The van der Waals surface area contributed by atoms with Crippen LogP contribution in [0.25, 0.3) is 0 Å². The fourth-order valence-electron chi connectivity index (χ4n) is 1.33. The summed E-state index contributed by atoms with van der Waals surface area (Å²) in [6.45, 7) is 0.496. The van der Waals surface area contributed by atoms with Gasteiger partial charge in [-0.3, -0.25) is 0 Å². The number of sulfone groups is 1. The van der Waals surface area contributed by atoms with E-state index >= 15 is 0 Å². The minimum absolute atomic E-state index is 0.124. The second-order valence-electron chi connectivity index (χ2n) is 3.80. The molecule has 0 aliphatic rings. The van der Waals surface area contributed by atoms with Crippen molar-refractivity contribution in [1.29, 1.82) is 0 Å². The number of aromatic carboxylic acids is 1. The maximum absolute atomic E-state index is 10.9. The molecule has 0 fully saturated rings. The van der Waals surface area contributed by atoms with Gasteiger partial charge in [-0.1, -0.05) is 6.07 Å². The second kappa shape index (κ2) is 5.67. The number of nitrogens with one attached hydrogen (secondary N) is 1. The Morgan fingerprint density at radius 3 is 2.71 bits per heavy atom. The van der Waals surface area contributed by atoms with Gasteiger partial charge in [0.1, 0.15) is 9.84 Å². The zero-order chi connectivity index (χ0) is 12.9. The minimum Gasteiger partial charge on any atom is -0.478 e. The normalized spacial score (nSPS) is 11.1. The molecule has 0 aliphatic heterocycles. The van der Waals surface area contributed by atoms with E-state index in [2.05, 4.69) is 5.32 Å². The molecule has 0 atom stereocenters. The lowest BCUT2D eigenvalue weighted by Crippen LogP contribution is -2.10. The Balaban J connectivity index is 2.47. The van der Waals surface area contributed by atoms with Gasteiger partial charge in [-0.05, 0) is 24.6 Å². The second-order valence-corrected chi connectivity index (χ2v) is 6.06. The summed E-state index contributed by atoms with van der Waals surface area (Å²) in [4.78, 5) is 10.7. The molecule has 0 radical (unpaired) electrons. The smallest absolute Gasteiger partial charge is 0.335 e. The highest BCUT2D eigenvalue weighted by Gasteiger charge is 2.04.